The van der Waals surface area contributed by atoms with Gasteiger partial charge in [-0.15, -0.1) is 0 Å². The smallest absolute Gasteiger partial charge is 0.305 e. The summed E-state index contributed by atoms with van der Waals surface area (Å²) in [7, 11) is 0. The molecule has 1 aromatic carbocycles. The van der Waals surface area contributed by atoms with E-state index in [1.807, 2.05) is 30.3 Å². The molecule has 0 spiro atoms. The molecule has 1 heterocycles. The van der Waals surface area contributed by atoms with Crippen LogP contribution in [0.15, 0.2) is 46.9 Å². The summed E-state index contributed by atoms with van der Waals surface area (Å²) in [6, 6.07) is 12.4. The van der Waals surface area contributed by atoms with Crippen LogP contribution < -0.4 is 20.9 Å². The first-order chi connectivity index (χ1) is 16.0. The summed E-state index contributed by atoms with van der Waals surface area (Å²) in [5.74, 6) is 2.13. The molecule has 4 saturated carbocycles. The predicted molar refractivity (Wildman–Crippen MR) is 119 cm³/mol. The first-order valence-corrected chi connectivity index (χ1v) is 11.6. The summed E-state index contributed by atoms with van der Waals surface area (Å²) < 4.78 is 11.1. The fourth-order valence-electron chi connectivity index (χ4n) is 6.22. The van der Waals surface area contributed by atoms with Gasteiger partial charge in [-0.1, -0.05) is 18.2 Å². The molecule has 0 aliphatic heterocycles. The van der Waals surface area contributed by atoms with Crippen molar-refractivity contribution in [3.8, 4) is 5.75 Å². The highest BCUT2D eigenvalue weighted by Gasteiger charge is 2.54. The van der Waals surface area contributed by atoms with Crippen LogP contribution in [0.4, 0.5) is 0 Å². The van der Waals surface area contributed by atoms with Gasteiger partial charge in [0.1, 0.15) is 18.1 Å². The van der Waals surface area contributed by atoms with Crippen LogP contribution in [0.2, 0.25) is 0 Å². The molecule has 33 heavy (non-hydrogen) atoms. The molecule has 0 unspecified atom stereocenters. The van der Waals surface area contributed by atoms with Gasteiger partial charge in [0, 0.05) is 5.41 Å². The van der Waals surface area contributed by atoms with Crippen molar-refractivity contribution < 1.29 is 23.5 Å². The average molecular weight is 452 g/mol. The molecule has 8 nitrogen and oxygen atoms in total. The molecule has 3 N–H and O–H groups in total. The van der Waals surface area contributed by atoms with Crippen LogP contribution in [-0.4, -0.2) is 24.3 Å². The van der Waals surface area contributed by atoms with E-state index in [0.29, 0.717) is 29.3 Å². The highest BCUT2D eigenvalue weighted by Crippen LogP contribution is 2.60. The third-order valence-corrected chi connectivity index (χ3v) is 7.25. The number of hydrogen-bond acceptors (Lipinski definition) is 5. The zero-order chi connectivity index (χ0) is 22.8. The van der Waals surface area contributed by atoms with Crippen LogP contribution in [-0.2, 0) is 16.2 Å². The molecule has 0 atom stereocenters. The molecule has 8 heteroatoms. The lowest BCUT2D eigenvalue weighted by atomic mass is 9.49. The lowest BCUT2D eigenvalue weighted by Crippen LogP contribution is -2.55. The molecule has 4 aliphatic rings. The van der Waals surface area contributed by atoms with E-state index in [1.54, 1.807) is 6.07 Å². The van der Waals surface area contributed by atoms with Gasteiger partial charge >= 0.3 is 5.91 Å². The Hall–Kier alpha value is -3.29. The lowest BCUT2D eigenvalue weighted by molar-refractivity contribution is -0.147. The Morgan fingerprint density at radius 1 is 0.909 bits per heavy atom. The molecule has 6 rings (SSSR count). The molecular weight excluding hydrogens is 422 g/mol. The summed E-state index contributed by atoms with van der Waals surface area (Å²) in [4.78, 5) is 37.4. The van der Waals surface area contributed by atoms with E-state index < -0.39 is 11.8 Å². The second kappa shape index (κ2) is 8.92. The van der Waals surface area contributed by atoms with E-state index in [2.05, 4.69) is 16.2 Å². The number of hydrogen-bond donors (Lipinski definition) is 3. The Bertz CT molecular complexity index is 996. The first kappa shape index (κ1) is 21.6. The van der Waals surface area contributed by atoms with Gasteiger partial charge < -0.3 is 14.5 Å². The topological polar surface area (TPSA) is 110 Å². The highest BCUT2D eigenvalue weighted by atomic mass is 16.5. The zero-order valence-electron chi connectivity index (χ0n) is 18.5. The molecule has 0 radical (unpaired) electrons. The first-order valence-electron chi connectivity index (χ1n) is 11.6. The Morgan fingerprint density at radius 3 is 2.24 bits per heavy atom. The molecule has 4 fully saturated rings. The van der Waals surface area contributed by atoms with Gasteiger partial charge in [-0.25, -0.2) is 0 Å². The Morgan fingerprint density at radius 2 is 1.58 bits per heavy atom. The lowest BCUT2D eigenvalue weighted by Gasteiger charge is -2.55. The maximum Gasteiger partial charge on any atom is 0.305 e. The normalized spacial score (nSPS) is 27.1. The number of rotatable bonds is 7. The number of carbonyl (C=O) groups excluding carboxylic acids is 3. The number of nitrogens with one attached hydrogen (secondary N) is 3. The molecular formula is C25H29N3O5. The molecule has 4 aliphatic carbocycles. The van der Waals surface area contributed by atoms with Crippen LogP contribution >= 0.6 is 0 Å². The number of carbonyl (C=O) groups is 3. The van der Waals surface area contributed by atoms with Crippen LogP contribution in [0.1, 0.15) is 54.8 Å². The second-order valence-electron chi connectivity index (χ2n) is 9.75. The third-order valence-electron chi connectivity index (χ3n) is 7.25. The zero-order valence-corrected chi connectivity index (χ0v) is 18.5. The van der Waals surface area contributed by atoms with Crippen LogP contribution in [0.3, 0.4) is 0 Å². The Labute approximate surface area is 192 Å². The van der Waals surface area contributed by atoms with Crippen molar-refractivity contribution in [3.63, 3.8) is 0 Å². The molecule has 1 aromatic heterocycles. The van der Waals surface area contributed by atoms with Crippen LogP contribution in [0.5, 0.6) is 5.75 Å². The van der Waals surface area contributed by atoms with Crippen molar-refractivity contribution in [2.45, 2.75) is 45.1 Å². The van der Waals surface area contributed by atoms with Gasteiger partial charge in [-0.2, -0.15) is 0 Å². The van der Waals surface area contributed by atoms with Gasteiger partial charge in [-0.05, 0) is 80.5 Å². The van der Waals surface area contributed by atoms with Gasteiger partial charge in [-0.3, -0.25) is 25.2 Å². The van der Waals surface area contributed by atoms with Crippen LogP contribution in [0.25, 0.3) is 0 Å². The van der Waals surface area contributed by atoms with Crippen LogP contribution in [0, 0.1) is 23.2 Å². The minimum Gasteiger partial charge on any atom is -0.486 e. The number of para-hydroxylation sites is 1. The average Bonchev–Trinajstić information content (AvgIpc) is 3.28. The molecule has 0 saturated heterocycles. The number of ether oxygens (including phenoxy) is 1. The minimum atomic E-state index is -0.582. The summed E-state index contributed by atoms with van der Waals surface area (Å²) in [5, 5.41) is 2.80. The number of furan rings is 1. The maximum atomic E-state index is 12.9. The van der Waals surface area contributed by atoms with Crippen molar-refractivity contribution >= 4 is 17.7 Å². The monoisotopic (exact) mass is 451 g/mol. The largest absolute Gasteiger partial charge is 0.486 e. The van der Waals surface area contributed by atoms with Gasteiger partial charge in [0.15, 0.2) is 5.76 Å². The summed E-state index contributed by atoms with van der Waals surface area (Å²) in [6.45, 7) is 0.00912. The van der Waals surface area contributed by atoms with E-state index in [9.17, 15) is 14.4 Å². The number of hydrazine groups is 1. The van der Waals surface area contributed by atoms with Gasteiger partial charge in [0.2, 0.25) is 5.91 Å². The fourth-order valence-corrected chi connectivity index (χ4v) is 6.22. The standard InChI is InChI=1S/C25H29N3O5/c29-22(14-26-24(31)25-11-16-8-17(12-25)10-18(9-16)13-25)27-28-23(30)21-7-6-20(33-21)15-32-19-4-2-1-3-5-19/h1-7,16-18H,8-15H2,(H,26,31)(H,27,29)(H,28,30). The van der Waals surface area contributed by atoms with Crippen molar-refractivity contribution in [2.75, 3.05) is 6.54 Å². The minimum absolute atomic E-state index is 0.0165. The SMILES string of the molecule is O=C(CNC(=O)C12CC3CC(CC(C3)C1)C2)NNC(=O)c1ccc(COc2ccccc2)o1. The third kappa shape index (κ3) is 4.74. The van der Waals surface area contributed by atoms with Gasteiger partial charge in [0.25, 0.3) is 5.91 Å². The number of amides is 3. The van der Waals surface area contributed by atoms with E-state index in [-0.39, 0.29) is 30.2 Å². The van der Waals surface area contributed by atoms with Crippen molar-refractivity contribution in [2.24, 2.45) is 23.2 Å². The van der Waals surface area contributed by atoms with Crippen molar-refractivity contribution in [1.29, 1.82) is 0 Å². The van der Waals surface area contributed by atoms with Crippen molar-refractivity contribution in [3.05, 3.63) is 54.0 Å². The fraction of sp³-hybridized carbons (Fsp3) is 0.480. The van der Waals surface area contributed by atoms with Crippen molar-refractivity contribution in [1.82, 2.24) is 16.2 Å². The van der Waals surface area contributed by atoms with E-state index >= 15 is 0 Å². The molecule has 3 amide bonds. The van der Waals surface area contributed by atoms with E-state index in [1.165, 1.54) is 25.3 Å². The summed E-state index contributed by atoms with van der Waals surface area (Å²) in [5.41, 5.74) is 4.35. The molecule has 174 valence electrons. The predicted octanol–water partition coefficient (Wildman–Crippen LogP) is 2.95. The quantitative estimate of drug-likeness (QED) is 0.561. The second-order valence-corrected chi connectivity index (χ2v) is 9.75. The Balaban J connectivity index is 1.05. The van der Waals surface area contributed by atoms with Gasteiger partial charge in [0.05, 0.1) is 6.54 Å². The molecule has 2 aromatic rings. The van der Waals surface area contributed by atoms with E-state index in [0.717, 1.165) is 19.3 Å². The number of benzene rings is 1. The summed E-state index contributed by atoms with van der Waals surface area (Å²) >= 11 is 0. The molecule has 4 bridgehead atoms. The summed E-state index contributed by atoms with van der Waals surface area (Å²) in [6.07, 6.45) is 6.60. The maximum absolute atomic E-state index is 12.9. The Kier molecular flexibility index (Phi) is 5.83. The van der Waals surface area contributed by atoms with E-state index in [4.69, 9.17) is 9.15 Å². The highest BCUT2D eigenvalue weighted by molar-refractivity contribution is 5.94.